The molecule has 38 heavy (non-hydrogen) atoms. The van der Waals surface area contributed by atoms with Gasteiger partial charge in [0.05, 0.1) is 17.5 Å². The van der Waals surface area contributed by atoms with Crippen LogP contribution in [0.4, 0.5) is 17.5 Å². The maximum atomic E-state index is 12.5. The van der Waals surface area contributed by atoms with Gasteiger partial charge in [0, 0.05) is 30.2 Å². The molecular formula is C29H33N5O3S. The van der Waals surface area contributed by atoms with Crippen molar-refractivity contribution in [2.24, 2.45) is 11.8 Å². The Labute approximate surface area is 223 Å². The summed E-state index contributed by atoms with van der Waals surface area (Å²) in [5, 5.41) is 7.81. The first-order chi connectivity index (χ1) is 18.5. The molecule has 0 bridgehead atoms. The van der Waals surface area contributed by atoms with E-state index in [1.54, 1.807) is 31.4 Å². The highest BCUT2D eigenvalue weighted by atomic mass is 32.2. The van der Waals surface area contributed by atoms with Crippen molar-refractivity contribution >= 4 is 38.4 Å². The summed E-state index contributed by atoms with van der Waals surface area (Å²) in [6.07, 6.45) is 4.05. The molecule has 0 atom stereocenters. The van der Waals surface area contributed by atoms with Crippen LogP contribution in [0.15, 0.2) is 83.8 Å². The van der Waals surface area contributed by atoms with Gasteiger partial charge in [0.2, 0.25) is 16.0 Å². The molecule has 3 aromatic carbocycles. The summed E-state index contributed by atoms with van der Waals surface area (Å²) in [6, 6.07) is 24.2. The molecular weight excluding hydrogens is 498 g/mol. The first-order valence-corrected chi connectivity index (χ1v) is 14.4. The molecule has 0 spiro atoms. The Bertz CT molecular complexity index is 1470. The van der Waals surface area contributed by atoms with Crippen molar-refractivity contribution in [2.45, 2.75) is 30.6 Å². The predicted molar refractivity (Wildman–Crippen MR) is 151 cm³/mol. The summed E-state index contributed by atoms with van der Waals surface area (Å²) in [5.41, 5.74) is 1.75. The Morgan fingerprint density at radius 2 is 1.55 bits per heavy atom. The number of fused-ring (bicyclic) bond motifs is 1. The maximum absolute atomic E-state index is 12.5. The summed E-state index contributed by atoms with van der Waals surface area (Å²) >= 11 is 0. The Balaban J connectivity index is 1.18. The van der Waals surface area contributed by atoms with Crippen molar-refractivity contribution in [3.05, 3.63) is 78.9 Å². The minimum atomic E-state index is -3.46. The lowest BCUT2D eigenvalue weighted by Gasteiger charge is -2.28. The Morgan fingerprint density at radius 3 is 2.32 bits per heavy atom. The van der Waals surface area contributed by atoms with Crippen LogP contribution in [0.5, 0.6) is 5.75 Å². The predicted octanol–water partition coefficient (Wildman–Crippen LogP) is 5.58. The molecule has 4 aromatic rings. The minimum absolute atomic E-state index is 0.313. The number of methoxy groups -OCH3 is 1. The topological polar surface area (TPSA) is 105 Å². The third-order valence-electron chi connectivity index (χ3n) is 7.07. The molecule has 9 heteroatoms. The van der Waals surface area contributed by atoms with E-state index >= 15 is 0 Å². The second-order valence-electron chi connectivity index (χ2n) is 9.70. The maximum Gasteiger partial charge on any atom is 0.240 e. The van der Waals surface area contributed by atoms with E-state index in [2.05, 4.69) is 15.4 Å². The summed E-state index contributed by atoms with van der Waals surface area (Å²) in [6.45, 7) is 1.25. The zero-order chi connectivity index (χ0) is 26.4. The van der Waals surface area contributed by atoms with Crippen molar-refractivity contribution in [3.8, 4) is 5.75 Å². The number of nitrogens with one attached hydrogen (secondary N) is 3. The smallest absolute Gasteiger partial charge is 0.240 e. The van der Waals surface area contributed by atoms with Crippen LogP contribution in [0.2, 0.25) is 0 Å². The number of benzene rings is 3. The van der Waals surface area contributed by atoms with Gasteiger partial charge in [-0.2, -0.15) is 4.98 Å². The largest absolute Gasteiger partial charge is 0.497 e. The number of nitrogens with zero attached hydrogens (tertiary/aromatic N) is 2. The number of rotatable bonds is 10. The summed E-state index contributed by atoms with van der Waals surface area (Å²) in [5.74, 6) is 2.94. The third kappa shape index (κ3) is 6.41. The Hall–Kier alpha value is -3.69. The number of hydrogen-bond acceptors (Lipinski definition) is 7. The summed E-state index contributed by atoms with van der Waals surface area (Å²) in [7, 11) is -1.81. The SMILES string of the molecule is COc1cccc(Nc2nc(NC[C@H]3CC[C@H](CNS(=O)(=O)c4ccccc4)CC3)nc3ccccc23)c1. The van der Waals surface area contributed by atoms with Crippen LogP contribution in [-0.2, 0) is 10.0 Å². The molecule has 1 aliphatic rings. The average Bonchev–Trinajstić information content (AvgIpc) is 2.96. The van der Waals surface area contributed by atoms with E-state index in [1.165, 1.54) is 0 Å². The van der Waals surface area contributed by atoms with E-state index in [-0.39, 0.29) is 0 Å². The van der Waals surface area contributed by atoms with Gasteiger partial charge in [-0.05, 0) is 73.9 Å². The van der Waals surface area contributed by atoms with Crippen LogP contribution in [0.1, 0.15) is 25.7 Å². The summed E-state index contributed by atoms with van der Waals surface area (Å²) < 4.78 is 33.2. The molecule has 5 rings (SSSR count). The fourth-order valence-electron chi connectivity index (χ4n) is 4.87. The number of hydrogen-bond donors (Lipinski definition) is 3. The van der Waals surface area contributed by atoms with Crippen LogP contribution < -0.4 is 20.1 Å². The highest BCUT2D eigenvalue weighted by Gasteiger charge is 2.23. The van der Waals surface area contributed by atoms with E-state index in [1.807, 2.05) is 54.6 Å². The molecule has 0 aliphatic heterocycles. The molecule has 1 heterocycles. The molecule has 1 aliphatic carbocycles. The van der Waals surface area contributed by atoms with E-state index in [9.17, 15) is 8.42 Å². The van der Waals surface area contributed by atoms with Crippen LogP contribution in [0.3, 0.4) is 0 Å². The van der Waals surface area contributed by atoms with Gasteiger partial charge in [-0.25, -0.2) is 18.1 Å². The lowest BCUT2D eigenvalue weighted by molar-refractivity contribution is 0.284. The van der Waals surface area contributed by atoms with Gasteiger partial charge in [0.15, 0.2) is 0 Å². The van der Waals surface area contributed by atoms with Crippen molar-refractivity contribution in [1.29, 1.82) is 0 Å². The molecule has 0 unspecified atom stereocenters. The van der Waals surface area contributed by atoms with Crippen molar-refractivity contribution in [1.82, 2.24) is 14.7 Å². The molecule has 1 saturated carbocycles. The Morgan fingerprint density at radius 1 is 0.842 bits per heavy atom. The van der Waals surface area contributed by atoms with Gasteiger partial charge in [0.1, 0.15) is 11.6 Å². The zero-order valence-corrected chi connectivity index (χ0v) is 22.2. The number of aromatic nitrogens is 2. The fraction of sp³-hybridized carbons (Fsp3) is 0.310. The van der Waals surface area contributed by atoms with Crippen LogP contribution in [0.25, 0.3) is 10.9 Å². The van der Waals surface area contributed by atoms with Crippen molar-refractivity contribution < 1.29 is 13.2 Å². The Kier molecular flexibility index (Phi) is 8.05. The third-order valence-corrected chi connectivity index (χ3v) is 8.51. The van der Waals surface area contributed by atoms with Crippen molar-refractivity contribution in [3.63, 3.8) is 0 Å². The van der Waals surface area contributed by atoms with E-state index in [4.69, 9.17) is 14.7 Å². The van der Waals surface area contributed by atoms with Gasteiger partial charge < -0.3 is 15.4 Å². The highest BCUT2D eigenvalue weighted by molar-refractivity contribution is 7.89. The van der Waals surface area contributed by atoms with Gasteiger partial charge in [-0.15, -0.1) is 0 Å². The van der Waals surface area contributed by atoms with Crippen molar-refractivity contribution in [2.75, 3.05) is 30.8 Å². The monoisotopic (exact) mass is 531 g/mol. The average molecular weight is 532 g/mol. The second kappa shape index (κ2) is 11.8. The van der Waals surface area contributed by atoms with E-state index in [0.717, 1.165) is 60.4 Å². The molecule has 8 nitrogen and oxygen atoms in total. The molecule has 0 radical (unpaired) electrons. The minimum Gasteiger partial charge on any atom is -0.497 e. The number of para-hydroxylation sites is 1. The normalized spacial score (nSPS) is 17.7. The lowest BCUT2D eigenvalue weighted by atomic mass is 9.82. The first-order valence-electron chi connectivity index (χ1n) is 13.0. The molecule has 3 N–H and O–H groups in total. The van der Waals surface area contributed by atoms with Gasteiger partial charge >= 0.3 is 0 Å². The van der Waals surface area contributed by atoms with Crippen LogP contribution >= 0.6 is 0 Å². The second-order valence-corrected chi connectivity index (χ2v) is 11.5. The van der Waals surface area contributed by atoms with Crippen LogP contribution in [-0.4, -0.2) is 38.6 Å². The number of sulfonamides is 1. The standard InChI is InChI=1S/C29H33N5O3S/c1-37-24-9-7-8-23(18-24)32-28-26-12-5-6-13-27(26)33-29(34-28)30-19-21-14-16-22(17-15-21)20-31-38(35,36)25-10-3-2-4-11-25/h2-13,18,21-22,31H,14-17,19-20H2,1H3,(H2,30,32,33,34)/t21-,22-. The van der Waals surface area contributed by atoms with E-state index < -0.39 is 10.0 Å². The van der Waals surface area contributed by atoms with Gasteiger partial charge in [0.25, 0.3) is 0 Å². The summed E-state index contributed by atoms with van der Waals surface area (Å²) in [4.78, 5) is 9.83. The van der Waals surface area contributed by atoms with E-state index in [0.29, 0.717) is 29.2 Å². The number of ether oxygens (including phenoxy) is 1. The van der Waals surface area contributed by atoms with Gasteiger partial charge in [-0.1, -0.05) is 36.4 Å². The lowest BCUT2D eigenvalue weighted by Crippen LogP contribution is -2.32. The molecule has 198 valence electrons. The first kappa shape index (κ1) is 25.9. The zero-order valence-electron chi connectivity index (χ0n) is 21.4. The quantitative estimate of drug-likeness (QED) is 0.245. The fourth-order valence-corrected chi connectivity index (χ4v) is 6.01. The molecule has 0 amide bonds. The molecule has 1 aromatic heterocycles. The highest BCUT2D eigenvalue weighted by Crippen LogP contribution is 2.30. The van der Waals surface area contributed by atoms with Crippen LogP contribution in [0, 0.1) is 11.8 Å². The molecule has 0 saturated heterocycles. The number of anilines is 3. The van der Waals surface area contributed by atoms with Gasteiger partial charge in [-0.3, -0.25) is 0 Å². The molecule has 1 fully saturated rings.